The van der Waals surface area contributed by atoms with Crippen molar-refractivity contribution in [1.29, 1.82) is 0 Å². The summed E-state index contributed by atoms with van der Waals surface area (Å²) in [6, 6.07) is 50.9. The van der Waals surface area contributed by atoms with Gasteiger partial charge in [-0.05, 0) is 78.6 Å². The molecule has 9 rings (SSSR count). The Balaban J connectivity index is 1.37. The van der Waals surface area contributed by atoms with E-state index in [0.29, 0.717) is 0 Å². The van der Waals surface area contributed by atoms with Crippen LogP contribution in [0.2, 0.25) is 0 Å². The maximum absolute atomic E-state index is 5.15. The minimum Gasteiger partial charge on any atom is -0.260 e. The van der Waals surface area contributed by atoms with Crippen LogP contribution in [-0.4, -0.2) is 4.98 Å². The zero-order chi connectivity index (χ0) is 28.4. The van der Waals surface area contributed by atoms with E-state index in [1.54, 1.807) is 0 Å². The van der Waals surface area contributed by atoms with E-state index in [2.05, 4.69) is 152 Å². The Labute approximate surface area is 251 Å². The van der Waals surface area contributed by atoms with Crippen molar-refractivity contribution in [2.75, 3.05) is 0 Å². The molecule has 0 bridgehead atoms. The average molecular weight is 548 g/mol. The summed E-state index contributed by atoms with van der Waals surface area (Å²) in [5.74, 6) is 0.188. The maximum atomic E-state index is 5.15. The third kappa shape index (κ3) is 3.37. The summed E-state index contributed by atoms with van der Waals surface area (Å²) in [6.07, 6.45) is 7.72. The molecule has 3 aliphatic carbocycles. The summed E-state index contributed by atoms with van der Waals surface area (Å²) in [6.45, 7) is 0. The average Bonchev–Trinajstić information content (AvgIpc) is 3.36. The number of aromatic nitrogens is 1. The molecule has 0 aliphatic heterocycles. The lowest BCUT2D eigenvalue weighted by molar-refractivity contribution is 0.699. The van der Waals surface area contributed by atoms with Crippen molar-refractivity contribution in [1.82, 2.24) is 4.98 Å². The summed E-state index contributed by atoms with van der Waals surface area (Å²) in [7, 11) is 0. The van der Waals surface area contributed by atoms with Crippen LogP contribution in [0.15, 0.2) is 163 Å². The fourth-order valence-corrected chi connectivity index (χ4v) is 8.13. The van der Waals surface area contributed by atoms with Gasteiger partial charge < -0.3 is 0 Å². The van der Waals surface area contributed by atoms with E-state index >= 15 is 0 Å². The van der Waals surface area contributed by atoms with Crippen LogP contribution in [0.4, 0.5) is 0 Å². The quantitative estimate of drug-likeness (QED) is 0.200. The van der Waals surface area contributed by atoms with Gasteiger partial charge in [0, 0.05) is 12.1 Å². The van der Waals surface area contributed by atoms with Crippen molar-refractivity contribution in [3.8, 4) is 11.1 Å². The van der Waals surface area contributed by atoms with Gasteiger partial charge in [-0.3, -0.25) is 4.98 Å². The van der Waals surface area contributed by atoms with E-state index < -0.39 is 0 Å². The van der Waals surface area contributed by atoms with Crippen LogP contribution in [0.1, 0.15) is 40.3 Å². The molecular formula is C42H29N. The summed E-state index contributed by atoms with van der Waals surface area (Å²) in [5.41, 5.74) is 11.6. The van der Waals surface area contributed by atoms with Crippen LogP contribution in [-0.2, 0) is 5.41 Å². The molecule has 1 heteroatoms. The number of nitrogens with zero attached hydrogens (tertiary/aromatic N) is 1. The smallest absolute Gasteiger partial charge is 0.0701 e. The summed E-state index contributed by atoms with van der Waals surface area (Å²) >= 11 is 0. The van der Waals surface area contributed by atoms with Crippen molar-refractivity contribution in [3.05, 3.63) is 191 Å². The first-order chi connectivity index (χ1) is 21.4. The van der Waals surface area contributed by atoms with Crippen molar-refractivity contribution in [2.24, 2.45) is 0 Å². The molecule has 5 aromatic carbocycles. The van der Waals surface area contributed by atoms with Crippen molar-refractivity contribution in [2.45, 2.75) is 17.8 Å². The van der Waals surface area contributed by atoms with E-state index in [-0.39, 0.29) is 11.3 Å². The lowest BCUT2D eigenvalue weighted by Gasteiger charge is -2.41. The molecule has 0 radical (unpaired) electrons. The maximum Gasteiger partial charge on any atom is 0.0701 e. The fourth-order valence-electron chi connectivity index (χ4n) is 8.13. The molecule has 2 atom stereocenters. The molecule has 0 saturated heterocycles. The van der Waals surface area contributed by atoms with Gasteiger partial charge in [0.2, 0.25) is 0 Å². The predicted molar refractivity (Wildman–Crippen MR) is 178 cm³/mol. The first kappa shape index (κ1) is 24.3. The highest BCUT2D eigenvalue weighted by Crippen LogP contribution is 2.64. The minimum absolute atomic E-state index is 0.188. The standard InChI is InChI=1S/C42H29N/c1-2-4-13-28-14-6-7-18-31(28)32(17-5-3-1)30-24-25-37-35(27-30)41-39(23-12-26-43-41)42(37)36-21-9-8-19-33(36)34-20-10-15-29-16-11-22-38(42)40(29)34/h1-26,35H,27H2. The van der Waals surface area contributed by atoms with Crippen LogP contribution in [0.5, 0.6) is 0 Å². The lowest BCUT2D eigenvalue weighted by atomic mass is 9.60. The number of benzene rings is 4. The van der Waals surface area contributed by atoms with Gasteiger partial charge in [0.15, 0.2) is 0 Å². The van der Waals surface area contributed by atoms with Gasteiger partial charge in [-0.2, -0.15) is 0 Å². The van der Waals surface area contributed by atoms with Crippen LogP contribution in [0, 0.1) is 0 Å². The van der Waals surface area contributed by atoms with Gasteiger partial charge >= 0.3 is 0 Å². The Bertz CT molecular complexity index is 2230. The highest BCUT2D eigenvalue weighted by molar-refractivity contribution is 6.05. The molecule has 0 N–H and O–H groups in total. The first-order valence-electron chi connectivity index (χ1n) is 15.2. The van der Waals surface area contributed by atoms with Gasteiger partial charge in [0.25, 0.3) is 0 Å². The third-order valence-corrected chi connectivity index (χ3v) is 9.78. The van der Waals surface area contributed by atoms with E-state index in [0.717, 1.165) is 6.42 Å². The zero-order valence-electron chi connectivity index (χ0n) is 23.7. The summed E-state index contributed by atoms with van der Waals surface area (Å²) < 4.78 is 0. The molecule has 0 amide bonds. The highest BCUT2D eigenvalue weighted by Gasteiger charge is 2.54. The van der Waals surface area contributed by atoms with Crippen LogP contribution in [0.25, 0.3) is 38.2 Å². The second kappa shape index (κ2) is 9.37. The molecule has 0 saturated carbocycles. The summed E-state index contributed by atoms with van der Waals surface area (Å²) in [5, 5.41) is 5.15. The van der Waals surface area contributed by atoms with Crippen molar-refractivity contribution < 1.29 is 0 Å². The first-order valence-corrected chi connectivity index (χ1v) is 15.2. The molecule has 43 heavy (non-hydrogen) atoms. The monoisotopic (exact) mass is 547 g/mol. The molecule has 3 aliphatic rings. The van der Waals surface area contributed by atoms with Crippen molar-refractivity contribution >= 4 is 27.1 Å². The Morgan fingerprint density at radius 2 is 1.16 bits per heavy atom. The molecule has 1 aromatic heterocycles. The largest absolute Gasteiger partial charge is 0.260 e. The Kier molecular flexibility index (Phi) is 5.31. The van der Waals surface area contributed by atoms with E-state index in [4.69, 9.17) is 4.98 Å². The van der Waals surface area contributed by atoms with Gasteiger partial charge in [0.1, 0.15) is 0 Å². The highest BCUT2D eigenvalue weighted by atomic mass is 14.7. The van der Waals surface area contributed by atoms with Gasteiger partial charge in [-0.1, -0.05) is 146 Å². The molecule has 2 unspecified atom stereocenters. The minimum atomic E-state index is -0.378. The SMILES string of the molecule is C1=C(c2cccccccc3ccccc23)CC2C(=C1)C1(c3ccccc3-c3cccc4cccc1c34)c1cccnc12. The topological polar surface area (TPSA) is 12.9 Å². The molecule has 202 valence electrons. The van der Waals surface area contributed by atoms with Gasteiger partial charge in [0.05, 0.1) is 11.1 Å². The Morgan fingerprint density at radius 3 is 2.09 bits per heavy atom. The molecule has 1 nitrogen and oxygen atoms in total. The number of hydrogen-bond donors (Lipinski definition) is 0. The van der Waals surface area contributed by atoms with Gasteiger partial charge in [-0.15, -0.1) is 0 Å². The predicted octanol–water partition coefficient (Wildman–Crippen LogP) is 10.3. The normalized spacial score (nSPS) is 19.2. The second-order valence-corrected chi connectivity index (χ2v) is 11.8. The molecule has 1 spiro atoms. The molecule has 6 aromatic rings. The Hall–Kier alpha value is -5.27. The second-order valence-electron chi connectivity index (χ2n) is 11.8. The number of rotatable bonds is 1. The number of hydrogen-bond acceptors (Lipinski definition) is 1. The molecular weight excluding hydrogens is 518 g/mol. The lowest BCUT2D eigenvalue weighted by Crippen LogP contribution is -2.32. The van der Waals surface area contributed by atoms with Crippen molar-refractivity contribution in [3.63, 3.8) is 0 Å². The number of fused-ring (bicyclic) bond motifs is 10. The van der Waals surface area contributed by atoms with Crippen LogP contribution in [0.3, 0.4) is 0 Å². The van der Waals surface area contributed by atoms with E-state index in [1.165, 1.54) is 71.8 Å². The number of allylic oxidation sites excluding steroid dienone is 4. The molecule has 1 heterocycles. The Morgan fingerprint density at radius 1 is 0.512 bits per heavy atom. The van der Waals surface area contributed by atoms with E-state index in [1.807, 2.05) is 6.20 Å². The zero-order valence-corrected chi connectivity index (χ0v) is 23.7. The van der Waals surface area contributed by atoms with Crippen LogP contribution >= 0.6 is 0 Å². The van der Waals surface area contributed by atoms with Crippen LogP contribution < -0.4 is 0 Å². The molecule has 0 fully saturated rings. The number of pyridine rings is 1. The third-order valence-electron chi connectivity index (χ3n) is 9.78. The summed E-state index contributed by atoms with van der Waals surface area (Å²) in [4.78, 5) is 5.15. The van der Waals surface area contributed by atoms with Gasteiger partial charge in [-0.25, -0.2) is 0 Å². The fraction of sp³-hybridized carbons (Fsp3) is 0.0714. The van der Waals surface area contributed by atoms with E-state index in [9.17, 15) is 0 Å².